The Labute approximate surface area is 174 Å². The number of aromatic nitrogens is 2. The third kappa shape index (κ3) is 4.05. The highest BCUT2D eigenvalue weighted by molar-refractivity contribution is 7.22. The molecule has 146 valence electrons. The summed E-state index contributed by atoms with van der Waals surface area (Å²) in [4.78, 5) is 24.3. The van der Waals surface area contributed by atoms with E-state index in [0.29, 0.717) is 23.2 Å². The Morgan fingerprint density at radius 3 is 2.55 bits per heavy atom. The van der Waals surface area contributed by atoms with Crippen molar-refractivity contribution in [1.29, 1.82) is 0 Å². The van der Waals surface area contributed by atoms with Crippen LogP contribution in [0, 0.1) is 6.92 Å². The first-order valence-electron chi connectivity index (χ1n) is 9.70. The molecule has 0 aliphatic carbocycles. The molecule has 4 nitrogen and oxygen atoms in total. The second-order valence-corrected chi connectivity index (χ2v) is 8.47. The van der Waals surface area contributed by atoms with E-state index in [1.807, 2.05) is 43.3 Å². The Balaban J connectivity index is 1.79. The molecule has 0 N–H and O–H groups in total. The topological polar surface area (TPSA) is 46.1 Å². The first-order valence-corrected chi connectivity index (χ1v) is 10.5. The lowest BCUT2D eigenvalue weighted by Crippen LogP contribution is -2.30. The van der Waals surface area contributed by atoms with Gasteiger partial charge in [-0.15, -0.1) is 0 Å². The molecule has 29 heavy (non-hydrogen) atoms. The molecular weight excluding hydrogens is 378 g/mol. The van der Waals surface area contributed by atoms with Crippen LogP contribution in [0.5, 0.6) is 0 Å². The zero-order valence-electron chi connectivity index (χ0n) is 16.8. The Bertz CT molecular complexity index is 1130. The van der Waals surface area contributed by atoms with Gasteiger partial charge in [-0.25, -0.2) is 4.98 Å². The van der Waals surface area contributed by atoms with Crippen molar-refractivity contribution < 1.29 is 4.79 Å². The van der Waals surface area contributed by atoms with Crippen LogP contribution in [0.15, 0.2) is 67.0 Å². The van der Waals surface area contributed by atoms with E-state index >= 15 is 0 Å². The minimum absolute atomic E-state index is 0.0565. The monoisotopic (exact) mass is 401 g/mol. The van der Waals surface area contributed by atoms with Crippen LogP contribution < -0.4 is 4.90 Å². The van der Waals surface area contributed by atoms with E-state index in [2.05, 4.69) is 37.0 Å². The van der Waals surface area contributed by atoms with Gasteiger partial charge >= 0.3 is 0 Å². The van der Waals surface area contributed by atoms with E-state index in [0.717, 1.165) is 21.3 Å². The van der Waals surface area contributed by atoms with Gasteiger partial charge in [0.25, 0.3) is 5.91 Å². The van der Waals surface area contributed by atoms with Gasteiger partial charge in [-0.3, -0.25) is 14.7 Å². The van der Waals surface area contributed by atoms with Crippen LogP contribution in [0.25, 0.3) is 10.2 Å². The molecule has 0 radical (unpaired) electrons. The molecule has 0 saturated carbocycles. The summed E-state index contributed by atoms with van der Waals surface area (Å²) < 4.78 is 1.10. The lowest BCUT2D eigenvalue weighted by atomic mass is 10.0. The highest BCUT2D eigenvalue weighted by Crippen LogP contribution is 2.34. The average Bonchev–Trinajstić information content (AvgIpc) is 3.16. The number of thiazole rings is 1. The summed E-state index contributed by atoms with van der Waals surface area (Å²) in [6.45, 7) is 6.78. The summed E-state index contributed by atoms with van der Waals surface area (Å²) in [5, 5.41) is 0.711. The Hall–Kier alpha value is -3.05. The van der Waals surface area contributed by atoms with Crippen molar-refractivity contribution in [1.82, 2.24) is 9.97 Å². The molecule has 0 bridgehead atoms. The standard InChI is InChI=1S/C24H23N3OS/c1-16(2)20-7-4-8-21-22(20)26-24(29-21)27(15-18-6-5-13-25-14-18)23(28)19-11-9-17(3)10-12-19/h4-14,16H,15H2,1-3H3. The maximum absolute atomic E-state index is 13.4. The molecule has 4 rings (SSSR count). The Kier molecular flexibility index (Phi) is 5.41. The summed E-state index contributed by atoms with van der Waals surface area (Å²) in [5.41, 5.74) is 4.94. The molecule has 0 unspecified atom stereocenters. The van der Waals surface area contributed by atoms with Gasteiger partial charge in [-0.2, -0.15) is 0 Å². The predicted octanol–water partition coefficient (Wildman–Crippen LogP) is 5.97. The third-order valence-electron chi connectivity index (χ3n) is 4.90. The van der Waals surface area contributed by atoms with Gasteiger partial charge in [0.05, 0.1) is 16.8 Å². The fourth-order valence-corrected chi connectivity index (χ4v) is 4.29. The molecule has 2 aromatic heterocycles. The molecule has 0 spiro atoms. The molecule has 5 heteroatoms. The molecule has 2 heterocycles. The van der Waals surface area contributed by atoms with Gasteiger partial charge in [0.15, 0.2) is 5.13 Å². The van der Waals surface area contributed by atoms with Crippen molar-refractivity contribution in [3.8, 4) is 0 Å². The predicted molar refractivity (Wildman–Crippen MR) is 120 cm³/mol. The van der Waals surface area contributed by atoms with Crippen molar-refractivity contribution in [3.05, 3.63) is 89.2 Å². The maximum atomic E-state index is 13.4. The highest BCUT2D eigenvalue weighted by atomic mass is 32.1. The first kappa shape index (κ1) is 19.3. The van der Waals surface area contributed by atoms with Crippen LogP contribution in [-0.2, 0) is 6.54 Å². The summed E-state index contributed by atoms with van der Waals surface area (Å²) in [7, 11) is 0. The number of hydrogen-bond acceptors (Lipinski definition) is 4. The van der Waals surface area contributed by atoms with Gasteiger partial charge in [0, 0.05) is 18.0 Å². The number of nitrogens with zero attached hydrogens (tertiary/aromatic N) is 3. The molecular formula is C24H23N3OS. The van der Waals surface area contributed by atoms with Crippen LogP contribution in [0.2, 0.25) is 0 Å². The smallest absolute Gasteiger partial charge is 0.260 e. The largest absolute Gasteiger partial charge is 0.279 e. The normalized spacial score (nSPS) is 11.2. The molecule has 0 atom stereocenters. The summed E-state index contributed by atoms with van der Waals surface area (Å²) >= 11 is 1.56. The Morgan fingerprint density at radius 2 is 1.86 bits per heavy atom. The second-order valence-electron chi connectivity index (χ2n) is 7.46. The zero-order valence-corrected chi connectivity index (χ0v) is 17.6. The van der Waals surface area contributed by atoms with Gasteiger partial charge in [-0.1, -0.05) is 61.1 Å². The summed E-state index contributed by atoms with van der Waals surface area (Å²) in [6, 6.07) is 17.8. The number of benzene rings is 2. The number of anilines is 1. The van der Waals surface area contributed by atoms with E-state index in [9.17, 15) is 4.79 Å². The molecule has 0 aliphatic rings. The number of amides is 1. The van der Waals surface area contributed by atoms with E-state index in [4.69, 9.17) is 4.98 Å². The quantitative estimate of drug-likeness (QED) is 0.414. The highest BCUT2D eigenvalue weighted by Gasteiger charge is 2.23. The van der Waals surface area contributed by atoms with E-state index < -0.39 is 0 Å². The fourth-order valence-electron chi connectivity index (χ4n) is 3.29. The number of carbonyl (C=O) groups is 1. The van der Waals surface area contributed by atoms with Crippen molar-refractivity contribution in [2.75, 3.05) is 4.90 Å². The molecule has 1 amide bonds. The maximum Gasteiger partial charge on any atom is 0.260 e. The number of pyridine rings is 1. The summed E-state index contributed by atoms with van der Waals surface area (Å²) in [5.74, 6) is 0.312. The number of hydrogen-bond donors (Lipinski definition) is 0. The van der Waals surface area contributed by atoms with E-state index in [-0.39, 0.29) is 5.91 Å². The number of fused-ring (bicyclic) bond motifs is 1. The number of para-hydroxylation sites is 1. The van der Waals surface area contributed by atoms with Gasteiger partial charge in [-0.05, 0) is 48.2 Å². The molecule has 2 aromatic carbocycles. The SMILES string of the molecule is Cc1ccc(C(=O)N(Cc2cccnc2)c2nc3c(C(C)C)cccc3s2)cc1. The van der Waals surface area contributed by atoms with Crippen LogP contribution in [0.1, 0.15) is 46.8 Å². The zero-order chi connectivity index (χ0) is 20.4. The number of carbonyl (C=O) groups excluding carboxylic acids is 1. The van der Waals surface area contributed by atoms with Crippen LogP contribution in [-0.4, -0.2) is 15.9 Å². The van der Waals surface area contributed by atoms with Crippen molar-refractivity contribution in [3.63, 3.8) is 0 Å². The minimum Gasteiger partial charge on any atom is -0.279 e. The third-order valence-corrected chi connectivity index (χ3v) is 5.94. The Morgan fingerprint density at radius 1 is 1.07 bits per heavy atom. The number of rotatable bonds is 5. The molecule has 0 saturated heterocycles. The van der Waals surface area contributed by atoms with Crippen LogP contribution >= 0.6 is 11.3 Å². The van der Waals surface area contributed by atoms with Crippen molar-refractivity contribution in [2.45, 2.75) is 33.2 Å². The average molecular weight is 402 g/mol. The van der Waals surface area contributed by atoms with Crippen LogP contribution in [0.3, 0.4) is 0 Å². The van der Waals surface area contributed by atoms with Crippen LogP contribution in [0.4, 0.5) is 5.13 Å². The van der Waals surface area contributed by atoms with Gasteiger partial charge < -0.3 is 0 Å². The van der Waals surface area contributed by atoms with Crippen molar-refractivity contribution >= 4 is 32.6 Å². The fraction of sp³-hybridized carbons (Fsp3) is 0.208. The van der Waals surface area contributed by atoms with Gasteiger partial charge in [0.1, 0.15) is 0 Å². The van der Waals surface area contributed by atoms with E-state index in [1.54, 1.807) is 28.6 Å². The van der Waals surface area contributed by atoms with Gasteiger partial charge in [0.2, 0.25) is 0 Å². The number of aryl methyl sites for hydroxylation is 1. The molecule has 0 aliphatic heterocycles. The van der Waals surface area contributed by atoms with Crippen molar-refractivity contribution in [2.24, 2.45) is 0 Å². The molecule has 4 aromatic rings. The lowest BCUT2D eigenvalue weighted by molar-refractivity contribution is 0.0985. The lowest BCUT2D eigenvalue weighted by Gasteiger charge is -2.20. The minimum atomic E-state index is -0.0565. The molecule has 0 fully saturated rings. The summed E-state index contributed by atoms with van der Waals surface area (Å²) in [6.07, 6.45) is 3.53. The first-order chi connectivity index (χ1) is 14.0. The second kappa shape index (κ2) is 8.13. The van der Waals surface area contributed by atoms with E-state index in [1.165, 1.54) is 5.56 Å².